The monoisotopic (exact) mass is 1160 g/mol. The molecule has 0 saturated heterocycles. The Morgan fingerprint density at radius 3 is 0.487 bits per heavy atom. The average molecular weight is 1160 g/mol. The van der Waals surface area contributed by atoms with E-state index in [0.29, 0.717) is 44.9 Å². The largest absolute Gasteiger partial charge is 0.479 e. The van der Waals surface area contributed by atoms with E-state index in [1.807, 2.05) is 13.8 Å². The number of aliphatic hydroxyl groups is 7. The van der Waals surface area contributed by atoms with Gasteiger partial charge in [-0.05, 0) is 44.9 Å². The molecule has 0 bridgehead atoms. The Labute approximate surface area is 480 Å². The molecule has 0 aromatic heterocycles. The molecular weight excluding hydrogens is 1040 g/mol. The van der Waals surface area contributed by atoms with E-state index in [9.17, 15) is 33.6 Å². The molecule has 0 fully saturated rings. The summed E-state index contributed by atoms with van der Waals surface area (Å²) >= 11 is 0. The van der Waals surface area contributed by atoms with Gasteiger partial charge in [0.2, 0.25) is 0 Å². The van der Waals surface area contributed by atoms with Gasteiger partial charge in [0.05, 0.1) is 0 Å². The highest BCUT2D eigenvalue weighted by Gasteiger charge is 2.15. The van der Waals surface area contributed by atoms with Gasteiger partial charge in [0, 0.05) is 0 Å². The minimum Gasteiger partial charge on any atom is -0.479 e. The topological polar surface area (TPSA) is 403 Å². The summed E-state index contributed by atoms with van der Waals surface area (Å²) in [5.41, 5.74) is 0. The van der Waals surface area contributed by atoms with Crippen molar-refractivity contribution in [2.24, 2.45) is 0 Å². The molecule has 0 saturated carbocycles. The standard InChI is InChI=1S/C14H28O3.C12H24O3.C10H20O3.C8H16O3.C6H12O3.C5H10O3.C4H8O3/c1-2-3-4-5-6-7-8-9-10-11-12-13(15)14(16)17;1-2-3-4-5-6-7-8-9-10-11(13)12(14)15;1-2-3-4-5-6-7-8-9(11)10(12)13;1-2-3-4-5-6-7(9)8(10)11;1-2-3-4-5(7)6(8)9;1-2-3-4(6)5(7)8;1-2-3(5)4(6)7/h13,15H,2-12H2,1H3,(H,16,17);11,13H,2-10H2,1H3,(H,14,15);9,11H,2-8H2,1H3,(H,12,13);7,9H,2-6H2,1H3,(H,10,11);5,7H,2-4H2,1H3,(H,8,9);4,6H,2-3H2,1H3,(H,7,8);3,5H,2H2,1H3,(H,6,7). The Bertz CT molecular complexity index is 1380. The lowest BCUT2D eigenvalue weighted by Crippen LogP contribution is -2.18. The molecule has 480 valence electrons. The van der Waals surface area contributed by atoms with E-state index in [-0.39, 0.29) is 6.42 Å². The first-order valence-electron chi connectivity index (χ1n) is 30.1. The van der Waals surface area contributed by atoms with Gasteiger partial charge in [-0.2, -0.15) is 0 Å². The maximum Gasteiger partial charge on any atom is 0.332 e. The first-order valence-corrected chi connectivity index (χ1v) is 30.1. The third-order valence-corrected chi connectivity index (χ3v) is 12.1. The number of carboxylic acid groups (broad SMARTS) is 7. The zero-order chi connectivity index (χ0) is 63.0. The summed E-state index contributed by atoms with van der Waals surface area (Å²) in [6.45, 7) is 14.1. The van der Waals surface area contributed by atoms with Gasteiger partial charge in [0.1, 0.15) is 0 Å². The minimum absolute atomic E-state index is 0.273. The Kier molecular flexibility index (Phi) is 79.8. The predicted octanol–water partition coefficient (Wildman–Crippen LogP) is 11.0. The van der Waals surface area contributed by atoms with Gasteiger partial charge in [-0.3, -0.25) is 0 Å². The number of unbranched alkanes of at least 4 members (excludes halogenated alkanes) is 25. The number of aliphatic carboxylic acids is 7. The fourth-order valence-corrected chi connectivity index (χ4v) is 6.77. The molecule has 0 aliphatic rings. The summed E-state index contributed by atoms with van der Waals surface area (Å²) in [6, 6.07) is 0. The third kappa shape index (κ3) is 82.8. The van der Waals surface area contributed by atoms with Crippen molar-refractivity contribution >= 4 is 41.8 Å². The first-order chi connectivity index (χ1) is 37.8. The van der Waals surface area contributed by atoms with Crippen LogP contribution >= 0.6 is 0 Å². The maximum atomic E-state index is 10.3. The van der Waals surface area contributed by atoms with Crippen LogP contribution in [0, 0.1) is 0 Å². The van der Waals surface area contributed by atoms with E-state index < -0.39 is 84.5 Å². The molecule has 0 aromatic rings. The molecule has 0 aromatic carbocycles. The van der Waals surface area contributed by atoms with Crippen LogP contribution in [0.4, 0.5) is 0 Å². The molecule has 0 rings (SSSR count). The summed E-state index contributed by atoms with van der Waals surface area (Å²) in [5.74, 6) is -7.81. The summed E-state index contributed by atoms with van der Waals surface area (Å²) in [5, 5.41) is 119. The second kappa shape index (κ2) is 71.1. The zero-order valence-corrected chi connectivity index (χ0v) is 50.5. The second-order valence-corrected chi connectivity index (χ2v) is 20.0. The predicted molar refractivity (Wildman–Crippen MR) is 311 cm³/mol. The van der Waals surface area contributed by atoms with Crippen molar-refractivity contribution in [3.63, 3.8) is 0 Å². The summed E-state index contributed by atoms with van der Waals surface area (Å²) in [7, 11) is 0. The van der Waals surface area contributed by atoms with Crippen LogP contribution in [0.2, 0.25) is 0 Å². The number of hydrogen-bond acceptors (Lipinski definition) is 14. The van der Waals surface area contributed by atoms with Crippen LogP contribution in [-0.2, 0) is 33.6 Å². The molecule has 0 heterocycles. The number of carboxylic acids is 7. The van der Waals surface area contributed by atoms with Crippen LogP contribution in [-0.4, -0.2) is 156 Å². The Hall–Kier alpha value is -3.99. The minimum atomic E-state index is -1.18. The van der Waals surface area contributed by atoms with Crippen LogP contribution in [0.25, 0.3) is 0 Å². The molecule has 7 atom stereocenters. The zero-order valence-electron chi connectivity index (χ0n) is 50.5. The molecule has 21 heteroatoms. The van der Waals surface area contributed by atoms with Crippen LogP contribution in [0.5, 0.6) is 0 Å². The van der Waals surface area contributed by atoms with E-state index in [2.05, 4.69) is 27.7 Å². The Morgan fingerprint density at radius 1 is 0.200 bits per heavy atom. The van der Waals surface area contributed by atoms with Crippen LogP contribution in [0.1, 0.15) is 292 Å². The molecular formula is C59H118O21. The summed E-state index contributed by atoms with van der Waals surface area (Å²) < 4.78 is 0. The van der Waals surface area contributed by atoms with Crippen molar-refractivity contribution in [3.05, 3.63) is 0 Å². The van der Waals surface area contributed by atoms with E-state index in [1.165, 1.54) is 103 Å². The van der Waals surface area contributed by atoms with Crippen molar-refractivity contribution in [2.45, 2.75) is 335 Å². The van der Waals surface area contributed by atoms with Gasteiger partial charge in [-0.15, -0.1) is 0 Å². The van der Waals surface area contributed by atoms with E-state index in [1.54, 1.807) is 6.92 Å². The summed E-state index contributed by atoms with van der Waals surface area (Å²) in [4.78, 5) is 70.4. The second-order valence-electron chi connectivity index (χ2n) is 20.0. The van der Waals surface area contributed by atoms with Crippen LogP contribution in [0.15, 0.2) is 0 Å². The highest BCUT2D eigenvalue weighted by Crippen LogP contribution is 2.14. The lowest BCUT2D eigenvalue weighted by atomic mass is 10.0. The molecule has 14 N–H and O–H groups in total. The highest BCUT2D eigenvalue weighted by molar-refractivity contribution is 5.73. The molecule has 0 radical (unpaired) electrons. The lowest BCUT2D eigenvalue weighted by molar-refractivity contribution is -0.147. The van der Waals surface area contributed by atoms with Gasteiger partial charge in [0.15, 0.2) is 42.7 Å². The highest BCUT2D eigenvalue weighted by atomic mass is 16.4. The van der Waals surface area contributed by atoms with Gasteiger partial charge >= 0.3 is 41.8 Å². The summed E-state index contributed by atoms with van der Waals surface area (Å²) in [6.07, 6.45) is 29.3. The molecule has 0 aliphatic heterocycles. The fraction of sp³-hybridized carbons (Fsp3) is 0.881. The van der Waals surface area contributed by atoms with Gasteiger partial charge in [-0.25, -0.2) is 33.6 Å². The molecule has 21 nitrogen and oxygen atoms in total. The van der Waals surface area contributed by atoms with Crippen molar-refractivity contribution in [2.75, 3.05) is 0 Å². The van der Waals surface area contributed by atoms with E-state index in [0.717, 1.165) is 89.9 Å². The normalized spacial score (nSPS) is 12.9. The Morgan fingerprint density at radius 2 is 0.350 bits per heavy atom. The average Bonchev–Trinajstić information content (AvgIpc) is 3.41. The van der Waals surface area contributed by atoms with Crippen molar-refractivity contribution in [1.82, 2.24) is 0 Å². The smallest absolute Gasteiger partial charge is 0.332 e. The molecule has 0 spiro atoms. The lowest BCUT2D eigenvalue weighted by Gasteiger charge is -2.05. The van der Waals surface area contributed by atoms with Crippen molar-refractivity contribution in [1.29, 1.82) is 0 Å². The van der Waals surface area contributed by atoms with Crippen molar-refractivity contribution < 1.29 is 105 Å². The Balaban J connectivity index is -0.000000158. The quantitative estimate of drug-likeness (QED) is 0.0252. The van der Waals surface area contributed by atoms with Gasteiger partial charge < -0.3 is 71.5 Å². The number of rotatable bonds is 45. The molecule has 7 unspecified atom stereocenters. The van der Waals surface area contributed by atoms with Gasteiger partial charge in [0.25, 0.3) is 0 Å². The third-order valence-electron chi connectivity index (χ3n) is 12.1. The maximum absolute atomic E-state index is 10.3. The van der Waals surface area contributed by atoms with E-state index >= 15 is 0 Å². The molecule has 0 aliphatic carbocycles. The number of carbonyl (C=O) groups is 7. The van der Waals surface area contributed by atoms with E-state index in [4.69, 9.17) is 71.5 Å². The number of hydrogen-bond donors (Lipinski definition) is 14. The SMILES string of the molecule is CCC(O)C(=O)O.CCCC(O)C(=O)O.CCCCC(O)C(=O)O.CCCCCCC(O)C(=O)O.CCCCCCCCC(O)C(=O)O.CCCCCCCCCCC(O)C(=O)O.CCCCCCCCCCCCC(O)C(=O)O. The van der Waals surface area contributed by atoms with Gasteiger partial charge in [-0.1, -0.05) is 248 Å². The molecule has 0 amide bonds. The van der Waals surface area contributed by atoms with Crippen molar-refractivity contribution in [3.8, 4) is 0 Å². The fourth-order valence-electron chi connectivity index (χ4n) is 6.77. The molecule has 80 heavy (non-hydrogen) atoms. The first kappa shape index (κ1) is 89.8. The number of aliphatic hydroxyl groups excluding tert-OH is 7. The van der Waals surface area contributed by atoms with Crippen LogP contribution < -0.4 is 0 Å². The van der Waals surface area contributed by atoms with Crippen LogP contribution in [0.3, 0.4) is 0 Å².